The van der Waals surface area contributed by atoms with Gasteiger partial charge in [0, 0.05) is 12.6 Å². The normalized spacial score (nSPS) is 14.6. The van der Waals surface area contributed by atoms with Crippen LogP contribution >= 0.6 is 23.8 Å². The molecule has 4 rings (SSSR count). The molecule has 0 spiro atoms. The van der Waals surface area contributed by atoms with Crippen LogP contribution < -0.4 is 9.64 Å². The molecule has 5 nitrogen and oxygen atoms in total. The zero-order valence-electron chi connectivity index (χ0n) is 19.0. The van der Waals surface area contributed by atoms with Crippen LogP contribution in [-0.4, -0.2) is 23.0 Å². The van der Waals surface area contributed by atoms with Gasteiger partial charge >= 0.3 is 0 Å². The molecular formula is C27H22ClN3O2S. The van der Waals surface area contributed by atoms with Crippen LogP contribution in [0.3, 0.4) is 0 Å². The van der Waals surface area contributed by atoms with Gasteiger partial charge in [-0.15, -0.1) is 0 Å². The van der Waals surface area contributed by atoms with Gasteiger partial charge in [0.15, 0.2) is 5.11 Å². The predicted octanol–water partition coefficient (Wildman–Crippen LogP) is 6.01. The van der Waals surface area contributed by atoms with E-state index in [2.05, 4.69) is 6.07 Å². The molecule has 1 heterocycles. The summed E-state index contributed by atoms with van der Waals surface area (Å²) in [6.45, 7) is 4.26. The van der Waals surface area contributed by atoms with Gasteiger partial charge in [-0.2, -0.15) is 5.26 Å². The molecule has 1 saturated heterocycles. The van der Waals surface area contributed by atoms with E-state index in [1.165, 1.54) is 0 Å². The lowest BCUT2D eigenvalue weighted by Crippen LogP contribution is -2.31. The van der Waals surface area contributed by atoms with E-state index in [0.717, 1.165) is 27.9 Å². The fourth-order valence-electron chi connectivity index (χ4n) is 3.64. The minimum Gasteiger partial charge on any atom is -0.487 e. The highest BCUT2D eigenvalue weighted by atomic mass is 35.5. The Morgan fingerprint density at radius 3 is 2.56 bits per heavy atom. The van der Waals surface area contributed by atoms with Crippen molar-refractivity contribution in [3.05, 3.63) is 99.2 Å². The van der Waals surface area contributed by atoms with Crippen molar-refractivity contribution in [2.24, 2.45) is 0 Å². The summed E-state index contributed by atoms with van der Waals surface area (Å²) in [5, 5.41) is 10.1. The molecule has 1 aliphatic heterocycles. The summed E-state index contributed by atoms with van der Waals surface area (Å²) in [5.41, 5.74) is 5.53. The standard InChI is InChI=1S/C27H22ClN3O2S/c1-17-8-10-22(12-18(17)2)31-26(32)24(30(3)27(31)34)14-19-9-11-25(23(28)13-19)33-16-21-7-5-4-6-20(21)15-29/h4-14H,16H2,1-3H3/b24-14+. The molecule has 170 valence electrons. The van der Waals surface area contributed by atoms with Crippen molar-refractivity contribution in [1.29, 1.82) is 5.26 Å². The number of ether oxygens (including phenoxy) is 1. The molecule has 0 radical (unpaired) electrons. The number of hydrogen-bond acceptors (Lipinski definition) is 4. The van der Waals surface area contributed by atoms with Crippen LogP contribution in [0.2, 0.25) is 5.02 Å². The highest BCUT2D eigenvalue weighted by Crippen LogP contribution is 2.31. The number of rotatable bonds is 5. The molecule has 0 saturated carbocycles. The Morgan fingerprint density at radius 1 is 1.09 bits per heavy atom. The zero-order chi connectivity index (χ0) is 24.4. The minimum absolute atomic E-state index is 0.194. The van der Waals surface area contributed by atoms with Gasteiger partial charge in [0.25, 0.3) is 5.91 Å². The third kappa shape index (κ3) is 4.54. The molecule has 0 aromatic heterocycles. The number of halogens is 1. The van der Waals surface area contributed by atoms with Crippen LogP contribution in [0, 0.1) is 25.2 Å². The molecule has 1 fully saturated rings. The Kier molecular flexibility index (Phi) is 6.69. The number of likely N-dealkylation sites (N-methyl/N-ethyl adjacent to an activating group) is 1. The van der Waals surface area contributed by atoms with Gasteiger partial charge in [0.05, 0.1) is 22.3 Å². The van der Waals surface area contributed by atoms with Crippen LogP contribution in [0.5, 0.6) is 5.75 Å². The van der Waals surface area contributed by atoms with Crippen LogP contribution in [-0.2, 0) is 11.4 Å². The van der Waals surface area contributed by atoms with Gasteiger partial charge in [0.1, 0.15) is 18.1 Å². The Morgan fingerprint density at radius 2 is 1.85 bits per heavy atom. The van der Waals surface area contributed by atoms with E-state index >= 15 is 0 Å². The predicted molar refractivity (Wildman–Crippen MR) is 139 cm³/mol. The van der Waals surface area contributed by atoms with Crippen molar-refractivity contribution in [3.63, 3.8) is 0 Å². The van der Waals surface area contributed by atoms with E-state index in [4.69, 9.17) is 28.6 Å². The minimum atomic E-state index is -0.194. The average molecular weight is 488 g/mol. The highest BCUT2D eigenvalue weighted by Gasteiger charge is 2.36. The van der Waals surface area contributed by atoms with Gasteiger partial charge in [0.2, 0.25) is 0 Å². The molecule has 7 heteroatoms. The summed E-state index contributed by atoms with van der Waals surface area (Å²) in [4.78, 5) is 16.5. The largest absolute Gasteiger partial charge is 0.487 e. The smallest absolute Gasteiger partial charge is 0.281 e. The number of nitriles is 1. The summed E-state index contributed by atoms with van der Waals surface area (Å²) >= 11 is 12.0. The Bertz CT molecular complexity index is 1380. The fraction of sp³-hybridized carbons (Fsp3) is 0.148. The summed E-state index contributed by atoms with van der Waals surface area (Å²) in [7, 11) is 1.78. The van der Waals surface area contributed by atoms with Crippen LogP contribution in [0.25, 0.3) is 6.08 Å². The summed E-state index contributed by atoms with van der Waals surface area (Å²) < 4.78 is 5.84. The number of carbonyl (C=O) groups is 1. The number of hydrogen-bond donors (Lipinski definition) is 0. The first kappa shape index (κ1) is 23.5. The lowest BCUT2D eigenvalue weighted by Gasteiger charge is -2.17. The maximum Gasteiger partial charge on any atom is 0.281 e. The van der Waals surface area contributed by atoms with Gasteiger partial charge in [-0.3, -0.25) is 9.69 Å². The molecule has 3 aromatic carbocycles. The quantitative estimate of drug-likeness (QED) is 0.326. The van der Waals surface area contributed by atoms with Gasteiger partial charge in [-0.1, -0.05) is 41.9 Å². The van der Waals surface area contributed by atoms with E-state index in [-0.39, 0.29) is 12.5 Å². The van der Waals surface area contributed by atoms with E-state index in [1.807, 2.05) is 56.3 Å². The maximum absolute atomic E-state index is 13.2. The van der Waals surface area contributed by atoms with Crippen LogP contribution in [0.15, 0.2) is 66.4 Å². The Hall–Kier alpha value is -3.66. The molecule has 0 aliphatic carbocycles. The van der Waals surface area contributed by atoms with Crippen molar-refractivity contribution >= 4 is 46.6 Å². The maximum atomic E-state index is 13.2. The highest BCUT2D eigenvalue weighted by molar-refractivity contribution is 7.80. The molecule has 0 unspecified atom stereocenters. The Balaban J connectivity index is 1.56. The summed E-state index contributed by atoms with van der Waals surface area (Å²) in [6, 6.07) is 20.6. The lowest BCUT2D eigenvalue weighted by molar-refractivity contribution is -0.114. The van der Waals surface area contributed by atoms with Crippen LogP contribution in [0.1, 0.15) is 27.8 Å². The fourth-order valence-corrected chi connectivity index (χ4v) is 4.17. The molecule has 1 aliphatic rings. The Labute approximate surface area is 209 Å². The topological polar surface area (TPSA) is 56.6 Å². The summed E-state index contributed by atoms with van der Waals surface area (Å²) in [5.74, 6) is 0.301. The van der Waals surface area contributed by atoms with E-state index in [1.54, 1.807) is 41.1 Å². The van der Waals surface area contributed by atoms with Crippen molar-refractivity contribution in [2.45, 2.75) is 20.5 Å². The number of nitrogens with zero attached hydrogens (tertiary/aromatic N) is 3. The molecule has 0 atom stereocenters. The second kappa shape index (κ2) is 9.68. The van der Waals surface area contributed by atoms with Crippen molar-refractivity contribution in [2.75, 3.05) is 11.9 Å². The number of carbonyl (C=O) groups excluding carboxylic acids is 1. The summed E-state index contributed by atoms with van der Waals surface area (Å²) in [6.07, 6.45) is 1.76. The van der Waals surface area contributed by atoms with E-state index < -0.39 is 0 Å². The SMILES string of the molecule is Cc1ccc(N2C(=O)/C(=C\c3ccc(OCc4ccccc4C#N)c(Cl)c3)N(C)C2=S)cc1C. The molecule has 34 heavy (non-hydrogen) atoms. The number of benzene rings is 3. The van der Waals surface area contributed by atoms with E-state index in [0.29, 0.717) is 27.1 Å². The third-order valence-corrected chi connectivity index (χ3v) is 6.54. The van der Waals surface area contributed by atoms with Crippen LogP contribution in [0.4, 0.5) is 5.69 Å². The first-order chi connectivity index (χ1) is 16.3. The molecule has 1 amide bonds. The second-order valence-corrected chi connectivity index (χ2v) is 8.80. The number of amides is 1. The van der Waals surface area contributed by atoms with E-state index in [9.17, 15) is 10.1 Å². The monoisotopic (exact) mass is 487 g/mol. The molecule has 0 N–H and O–H groups in total. The average Bonchev–Trinajstić information content (AvgIpc) is 3.03. The van der Waals surface area contributed by atoms with Crippen molar-refractivity contribution in [1.82, 2.24) is 4.90 Å². The van der Waals surface area contributed by atoms with Crippen molar-refractivity contribution < 1.29 is 9.53 Å². The number of aryl methyl sites for hydroxylation is 2. The van der Waals surface area contributed by atoms with Crippen molar-refractivity contribution in [3.8, 4) is 11.8 Å². The van der Waals surface area contributed by atoms with Gasteiger partial charge in [-0.25, -0.2) is 0 Å². The third-order valence-electron chi connectivity index (χ3n) is 5.79. The lowest BCUT2D eigenvalue weighted by atomic mass is 10.1. The number of anilines is 1. The first-order valence-electron chi connectivity index (χ1n) is 10.6. The first-order valence-corrected chi connectivity index (χ1v) is 11.4. The number of thiocarbonyl (C=S) groups is 1. The zero-order valence-corrected chi connectivity index (χ0v) is 20.6. The molecular weight excluding hydrogens is 466 g/mol. The van der Waals surface area contributed by atoms with Gasteiger partial charge in [-0.05, 0) is 79.2 Å². The molecule has 3 aromatic rings. The second-order valence-electron chi connectivity index (χ2n) is 8.03. The van der Waals surface area contributed by atoms with Gasteiger partial charge < -0.3 is 9.64 Å². The molecule has 0 bridgehead atoms.